The molecule has 0 fully saturated rings. The summed E-state index contributed by atoms with van der Waals surface area (Å²) in [5, 5.41) is 11.7. The van der Waals surface area contributed by atoms with Crippen LogP contribution in [0, 0.1) is 5.41 Å². The minimum absolute atomic E-state index is 0.124. The molecule has 21 heavy (non-hydrogen) atoms. The number of carboxylic acid groups (broad SMARTS) is 1. The first-order valence-electron chi connectivity index (χ1n) is 6.99. The molecule has 0 saturated heterocycles. The van der Waals surface area contributed by atoms with E-state index in [2.05, 4.69) is 5.32 Å². The fourth-order valence-electron chi connectivity index (χ4n) is 1.70. The van der Waals surface area contributed by atoms with Crippen LogP contribution < -0.4 is 10.2 Å². The number of aryl methyl sites for hydroxylation is 1. The highest BCUT2D eigenvalue weighted by atomic mass is 16.4. The first-order chi connectivity index (χ1) is 9.72. The highest BCUT2D eigenvalue weighted by molar-refractivity contribution is 5.78. The van der Waals surface area contributed by atoms with Gasteiger partial charge in [-0.15, -0.1) is 0 Å². The number of carbonyl (C=O) groups is 2. The van der Waals surface area contributed by atoms with E-state index in [-0.39, 0.29) is 12.5 Å². The van der Waals surface area contributed by atoms with Gasteiger partial charge >= 0.3 is 5.97 Å². The number of hydrogen-bond donors (Lipinski definition) is 2. The lowest BCUT2D eigenvalue weighted by Gasteiger charge is -2.19. The maximum atomic E-state index is 11.7. The zero-order valence-electron chi connectivity index (χ0n) is 13.1. The third-order valence-corrected chi connectivity index (χ3v) is 3.40. The lowest BCUT2D eigenvalue weighted by molar-refractivity contribution is -0.146. The van der Waals surface area contributed by atoms with E-state index < -0.39 is 11.4 Å². The normalized spacial score (nSPS) is 11.0. The van der Waals surface area contributed by atoms with Crippen molar-refractivity contribution in [1.82, 2.24) is 5.32 Å². The molecular weight excluding hydrogens is 268 g/mol. The molecule has 1 aromatic carbocycles. The summed E-state index contributed by atoms with van der Waals surface area (Å²) in [6, 6.07) is 8.04. The van der Waals surface area contributed by atoms with Crippen molar-refractivity contribution in [3.63, 3.8) is 0 Å². The lowest BCUT2D eigenvalue weighted by atomic mass is 9.94. The van der Waals surface area contributed by atoms with Gasteiger partial charge in [-0.25, -0.2) is 0 Å². The Balaban J connectivity index is 2.41. The predicted molar refractivity (Wildman–Crippen MR) is 83.5 cm³/mol. The summed E-state index contributed by atoms with van der Waals surface area (Å²) in [6.45, 7) is 3.33. The summed E-state index contributed by atoms with van der Waals surface area (Å²) >= 11 is 0. The second-order valence-corrected chi connectivity index (χ2v) is 6.03. The van der Waals surface area contributed by atoms with E-state index in [1.165, 1.54) is 0 Å². The van der Waals surface area contributed by atoms with E-state index in [0.717, 1.165) is 11.3 Å². The first kappa shape index (κ1) is 17.0. The van der Waals surface area contributed by atoms with E-state index in [1.54, 1.807) is 13.8 Å². The van der Waals surface area contributed by atoms with Crippen LogP contribution in [0.5, 0.6) is 0 Å². The molecule has 1 aromatic rings. The average Bonchev–Trinajstić information content (AvgIpc) is 2.43. The number of anilines is 1. The van der Waals surface area contributed by atoms with Gasteiger partial charge in [0.1, 0.15) is 0 Å². The molecule has 5 nitrogen and oxygen atoms in total. The second kappa shape index (κ2) is 7.11. The van der Waals surface area contributed by atoms with Gasteiger partial charge in [-0.2, -0.15) is 0 Å². The highest BCUT2D eigenvalue weighted by Gasteiger charge is 2.27. The van der Waals surface area contributed by atoms with Crippen molar-refractivity contribution in [1.29, 1.82) is 0 Å². The molecule has 0 unspecified atom stereocenters. The van der Waals surface area contributed by atoms with Gasteiger partial charge in [0, 0.05) is 32.7 Å². The Kier molecular flexibility index (Phi) is 5.76. The molecule has 0 radical (unpaired) electrons. The molecule has 116 valence electrons. The average molecular weight is 292 g/mol. The summed E-state index contributed by atoms with van der Waals surface area (Å²) in [5.74, 6) is -1.04. The molecule has 1 rings (SSSR count). The first-order valence-corrected chi connectivity index (χ1v) is 6.99. The Bertz CT molecular complexity index is 493. The minimum Gasteiger partial charge on any atom is -0.481 e. The topological polar surface area (TPSA) is 69.6 Å². The maximum Gasteiger partial charge on any atom is 0.310 e. The van der Waals surface area contributed by atoms with Gasteiger partial charge in [-0.05, 0) is 38.0 Å². The van der Waals surface area contributed by atoms with E-state index >= 15 is 0 Å². The molecule has 5 heteroatoms. The van der Waals surface area contributed by atoms with Crippen LogP contribution in [0.15, 0.2) is 24.3 Å². The Morgan fingerprint density at radius 1 is 1.19 bits per heavy atom. The SMILES string of the molecule is CN(C)c1ccc(CCC(=O)NCC(C)(C)C(=O)O)cc1. The highest BCUT2D eigenvalue weighted by Crippen LogP contribution is 2.14. The fraction of sp³-hybridized carbons (Fsp3) is 0.500. The van der Waals surface area contributed by atoms with Crippen molar-refractivity contribution >= 4 is 17.6 Å². The van der Waals surface area contributed by atoms with E-state index in [4.69, 9.17) is 5.11 Å². The number of amides is 1. The van der Waals surface area contributed by atoms with Gasteiger partial charge in [0.05, 0.1) is 5.41 Å². The number of nitrogens with zero attached hydrogens (tertiary/aromatic N) is 1. The Labute approximate surface area is 126 Å². The van der Waals surface area contributed by atoms with Gasteiger partial charge in [-0.1, -0.05) is 12.1 Å². The summed E-state index contributed by atoms with van der Waals surface area (Å²) in [6.07, 6.45) is 1.00. The van der Waals surface area contributed by atoms with Crippen LogP contribution in [0.3, 0.4) is 0 Å². The minimum atomic E-state index is -0.941. The maximum absolute atomic E-state index is 11.7. The number of carboxylic acids is 1. The number of carbonyl (C=O) groups excluding carboxylic acids is 1. The van der Waals surface area contributed by atoms with Gasteiger partial charge in [0.15, 0.2) is 0 Å². The fourth-order valence-corrected chi connectivity index (χ4v) is 1.70. The molecule has 0 heterocycles. The molecule has 0 aliphatic carbocycles. The number of benzene rings is 1. The summed E-state index contributed by atoms with van der Waals surface area (Å²) in [7, 11) is 3.96. The predicted octanol–water partition coefficient (Wildman–Crippen LogP) is 1.91. The second-order valence-electron chi connectivity index (χ2n) is 6.03. The largest absolute Gasteiger partial charge is 0.481 e. The molecule has 0 aliphatic heterocycles. The van der Waals surface area contributed by atoms with Crippen LogP contribution in [-0.2, 0) is 16.0 Å². The van der Waals surface area contributed by atoms with E-state index in [9.17, 15) is 9.59 Å². The van der Waals surface area contributed by atoms with Crippen LogP contribution in [0.4, 0.5) is 5.69 Å². The van der Waals surface area contributed by atoms with E-state index in [0.29, 0.717) is 12.8 Å². The molecule has 0 aliphatic rings. The number of aliphatic carboxylic acids is 1. The monoisotopic (exact) mass is 292 g/mol. The summed E-state index contributed by atoms with van der Waals surface area (Å²) < 4.78 is 0. The lowest BCUT2D eigenvalue weighted by Crippen LogP contribution is -2.38. The molecule has 0 atom stereocenters. The quantitative estimate of drug-likeness (QED) is 0.805. The van der Waals surface area contributed by atoms with Gasteiger partial charge in [0.2, 0.25) is 5.91 Å². The summed E-state index contributed by atoms with van der Waals surface area (Å²) in [5.41, 5.74) is 1.27. The zero-order chi connectivity index (χ0) is 16.0. The smallest absolute Gasteiger partial charge is 0.310 e. The number of nitrogens with one attached hydrogen (secondary N) is 1. The Morgan fingerprint density at radius 3 is 2.24 bits per heavy atom. The van der Waals surface area contributed by atoms with Crippen molar-refractivity contribution < 1.29 is 14.7 Å². The Hall–Kier alpha value is -2.04. The summed E-state index contributed by atoms with van der Waals surface area (Å²) in [4.78, 5) is 24.7. The third-order valence-electron chi connectivity index (χ3n) is 3.40. The van der Waals surface area contributed by atoms with Gasteiger partial charge in [-0.3, -0.25) is 9.59 Å². The Morgan fingerprint density at radius 2 is 1.76 bits per heavy atom. The molecule has 0 spiro atoms. The van der Waals surface area contributed by atoms with Crippen LogP contribution >= 0.6 is 0 Å². The van der Waals surface area contributed by atoms with Crippen molar-refractivity contribution in [3.05, 3.63) is 29.8 Å². The molecule has 0 saturated carbocycles. The molecule has 0 bridgehead atoms. The van der Waals surface area contributed by atoms with E-state index in [1.807, 2.05) is 43.3 Å². The molecule has 1 amide bonds. The molecular formula is C16H24N2O3. The van der Waals surface area contributed by atoms with Crippen LogP contribution in [0.2, 0.25) is 0 Å². The van der Waals surface area contributed by atoms with Crippen LogP contribution in [-0.4, -0.2) is 37.6 Å². The van der Waals surface area contributed by atoms with Crippen molar-refractivity contribution in [2.75, 3.05) is 25.5 Å². The third kappa shape index (κ3) is 5.45. The molecule has 2 N–H and O–H groups in total. The van der Waals surface area contributed by atoms with Gasteiger partial charge < -0.3 is 15.3 Å². The molecule has 0 aromatic heterocycles. The zero-order valence-corrected chi connectivity index (χ0v) is 13.1. The van der Waals surface area contributed by atoms with Crippen molar-refractivity contribution in [2.24, 2.45) is 5.41 Å². The van der Waals surface area contributed by atoms with Crippen LogP contribution in [0.1, 0.15) is 25.8 Å². The number of hydrogen-bond acceptors (Lipinski definition) is 3. The van der Waals surface area contributed by atoms with Gasteiger partial charge in [0.25, 0.3) is 0 Å². The van der Waals surface area contributed by atoms with Crippen molar-refractivity contribution in [2.45, 2.75) is 26.7 Å². The van der Waals surface area contributed by atoms with Crippen LogP contribution in [0.25, 0.3) is 0 Å². The number of rotatable bonds is 7. The van der Waals surface area contributed by atoms with Crippen molar-refractivity contribution in [3.8, 4) is 0 Å². The standard InChI is InChI=1S/C16H24N2O3/c1-16(2,15(20)21)11-17-14(19)10-7-12-5-8-13(9-6-12)18(3)4/h5-6,8-9H,7,10-11H2,1-4H3,(H,17,19)(H,20,21).